The smallest absolute Gasteiger partial charge is 0.229 e. The van der Waals surface area contributed by atoms with Crippen LogP contribution in [0.5, 0.6) is 5.75 Å². The summed E-state index contributed by atoms with van der Waals surface area (Å²) in [5, 5.41) is 20.9. The maximum absolute atomic E-state index is 12.5. The standard InChI is InChI=1S/C27H32ClN7O3S/c1-18-23(38-12-4-9-34-10-7-19(16-36)8-11-34)15-35-25(18)26(30-17-31-35)33-27-29-14-20(39-27)13-24(37)32-22-6-3-2-5-21(22)28/h2-3,5-6,14-15,17,19,36H,4,7-13,16H2,1H3,(H,32,37)(H,29,30,31,33). The van der Waals surface area contributed by atoms with E-state index in [1.807, 2.05) is 25.3 Å². The lowest BCUT2D eigenvalue weighted by Gasteiger charge is -2.30. The molecule has 39 heavy (non-hydrogen) atoms. The highest BCUT2D eigenvalue weighted by Crippen LogP contribution is 2.31. The van der Waals surface area contributed by atoms with Crippen molar-refractivity contribution in [1.82, 2.24) is 24.5 Å². The summed E-state index contributed by atoms with van der Waals surface area (Å²) in [7, 11) is 0. The van der Waals surface area contributed by atoms with Gasteiger partial charge in [-0.1, -0.05) is 23.7 Å². The van der Waals surface area contributed by atoms with Gasteiger partial charge in [0.1, 0.15) is 17.6 Å². The second-order valence-electron chi connectivity index (χ2n) is 9.65. The van der Waals surface area contributed by atoms with Crippen molar-refractivity contribution >= 4 is 51.0 Å². The van der Waals surface area contributed by atoms with E-state index >= 15 is 0 Å². The Bertz CT molecular complexity index is 1420. The Morgan fingerprint density at radius 1 is 1.26 bits per heavy atom. The number of aliphatic hydroxyl groups is 1. The number of aryl methyl sites for hydroxylation is 1. The minimum atomic E-state index is -0.165. The minimum absolute atomic E-state index is 0.165. The molecule has 1 fully saturated rings. The Hall–Kier alpha value is -3.25. The van der Waals surface area contributed by atoms with Crippen molar-refractivity contribution in [1.29, 1.82) is 0 Å². The summed E-state index contributed by atoms with van der Waals surface area (Å²) < 4.78 is 7.87. The molecule has 0 spiro atoms. The van der Waals surface area contributed by atoms with Crippen molar-refractivity contribution in [2.75, 3.05) is 43.5 Å². The fraction of sp³-hybridized carbons (Fsp3) is 0.407. The van der Waals surface area contributed by atoms with Gasteiger partial charge in [-0.05, 0) is 57.3 Å². The number of anilines is 3. The summed E-state index contributed by atoms with van der Waals surface area (Å²) in [5.74, 6) is 1.67. The monoisotopic (exact) mass is 569 g/mol. The molecule has 10 nitrogen and oxygen atoms in total. The lowest BCUT2D eigenvalue weighted by atomic mass is 9.98. The van der Waals surface area contributed by atoms with Gasteiger partial charge >= 0.3 is 0 Å². The number of likely N-dealkylation sites (tertiary alicyclic amines) is 1. The number of hydrogen-bond acceptors (Lipinski definition) is 9. The molecule has 4 aromatic rings. The van der Waals surface area contributed by atoms with Gasteiger partial charge in [-0.3, -0.25) is 4.79 Å². The number of aliphatic hydroxyl groups excluding tert-OH is 1. The quantitative estimate of drug-likeness (QED) is 0.225. The Kier molecular flexibility index (Phi) is 8.92. The third-order valence-electron chi connectivity index (χ3n) is 6.88. The number of carbonyl (C=O) groups is 1. The molecule has 1 aliphatic rings. The molecule has 4 heterocycles. The fourth-order valence-corrected chi connectivity index (χ4v) is 5.70. The highest BCUT2D eigenvalue weighted by atomic mass is 35.5. The Morgan fingerprint density at radius 2 is 2.08 bits per heavy atom. The van der Waals surface area contributed by atoms with Crippen LogP contribution in [0, 0.1) is 12.8 Å². The van der Waals surface area contributed by atoms with Crippen molar-refractivity contribution in [2.24, 2.45) is 5.92 Å². The van der Waals surface area contributed by atoms with Crippen molar-refractivity contribution in [2.45, 2.75) is 32.6 Å². The second-order valence-corrected chi connectivity index (χ2v) is 11.2. The van der Waals surface area contributed by atoms with Crippen LogP contribution < -0.4 is 15.4 Å². The van der Waals surface area contributed by atoms with Crippen LogP contribution in [0.4, 0.5) is 16.6 Å². The van der Waals surface area contributed by atoms with Crippen molar-refractivity contribution < 1.29 is 14.6 Å². The number of ether oxygens (including phenoxy) is 1. The number of benzene rings is 1. The normalized spacial score (nSPS) is 14.5. The SMILES string of the molecule is Cc1c(OCCCN2CCC(CO)CC2)cn2ncnc(Nc3ncc(CC(=O)Nc4ccccc4Cl)s3)c12. The molecule has 206 valence electrons. The Morgan fingerprint density at radius 3 is 2.87 bits per heavy atom. The summed E-state index contributed by atoms with van der Waals surface area (Å²) in [4.78, 5) is 24.6. The van der Waals surface area contributed by atoms with Gasteiger partial charge in [0.2, 0.25) is 5.91 Å². The average molecular weight is 570 g/mol. The van der Waals surface area contributed by atoms with Gasteiger partial charge in [0.15, 0.2) is 10.9 Å². The minimum Gasteiger partial charge on any atom is -0.492 e. The summed E-state index contributed by atoms with van der Waals surface area (Å²) in [5.41, 5.74) is 2.34. The first-order chi connectivity index (χ1) is 19.0. The predicted octanol–water partition coefficient (Wildman–Crippen LogP) is 4.55. The first kappa shape index (κ1) is 27.3. The molecule has 0 radical (unpaired) electrons. The molecule has 5 rings (SSSR count). The molecule has 0 aliphatic carbocycles. The fourth-order valence-electron chi connectivity index (χ4n) is 4.70. The van der Waals surface area contributed by atoms with Gasteiger partial charge in [0.05, 0.1) is 29.9 Å². The number of nitrogens with zero attached hydrogens (tertiary/aromatic N) is 5. The van der Waals surface area contributed by atoms with Crippen LogP contribution in [-0.4, -0.2) is 68.3 Å². The van der Waals surface area contributed by atoms with E-state index < -0.39 is 0 Å². The summed E-state index contributed by atoms with van der Waals surface area (Å²) >= 11 is 7.53. The number of piperidine rings is 1. The van der Waals surface area contributed by atoms with E-state index in [2.05, 4.69) is 30.6 Å². The predicted molar refractivity (Wildman–Crippen MR) is 153 cm³/mol. The number of nitrogens with one attached hydrogen (secondary N) is 2. The molecular weight excluding hydrogens is 538 g/mol. The highest BCUT2D eigenvalue weighted by Gasteiger charge is 2.19. The van der Waals surface area contributed by atoms with Gasteiger partial charge in [-0.2, -0.15) is 5.10 Å². The molecular formula is C27H32ClN7O3S. The van der Waals surface area contributed by atoms with E-state index in [0.29, 0.717) is 40.8 Å². The molecule has 1 saturated heterocycles. The molecule has 0 unspecified atom stereocenters. The Balaban J connectivity index is 1.17. The summed E-state index contributed by atoms with van der Waals surface area (Å²) in [6.07, 6.45) is 8.28. The molecule has 0 atom stereocenters. The molecule has 3 N–H and O–H groups in total. The van der Waals surface area contributed by atoms with Crippen LogP contribution in [0.3, 0.4) is 0 Å². The van der Waals surface area contributed by atoms with Crippen molar-refractivity contribution in [3.63, 3.8) is 0 Å². The number of fused-ring (bicyclic) bond motifs is 1. The number of aromatic nitrogens is 4. The van der Waals surface area contributed by atoms with Crippen LogP contribution in [-0.2, 0) is 11.2 Å². The zero-order valence-corrected chi connectivity index (χ0v) is 23.3. The molecule has 0 saturated carbocycles. The molecule has 1 amide bonds. The van der Waals surface area contributed by atoms with E-state index in [9.17, 15) is 9.90 Å². The lowest BCUT2D eigenvalue weighted by molar-refractivity contribution is -0.115. The number of rotatable bonds is 11. The van der Waals surface area contributed by atoms with Crippen molar-refractivity contribution in [3.8, 4) is 5.75 Å². The van der Waals surface area contributed by atoms with Gasteiger partial charge < -0.3 is 25.4 Å². The zero-order valence-electron chi connectivity index (χ0n) is 21.8. The van der Waals surface area contributed by atoms with Crippen LogP contribution in [0.2, 0.25) is 5.02 Å². The lowest BCUT2D eigenvalue weighted by Crippen LogP contribution is -2.35. The number of thiazole rings is 1. The summed E-state index contributed by atoms with van der Waals surface area (Å²) in [6, 6.07) is 7.14. The maximum Gasteiger partial charge on any atom is 0.229 e. The van der Waals surface area contributed by atoms with Crippen LogP contribution in [0.25, 0.3) is 5.52 Å². The van der Waals surface area contributed by atoms with Crippen LogP contribution in [0.1, 0.15) is 29.7 Å². The maximum atomic E-state index is 12.5. The first-order valence-corrected chi connectivity index (χ1v) is 14.2. The molecule has 3 aromatic heterocycles. The zero-order chi connectivity index (χ0) is 27.2. The molecule has 0 bridgehead atoms. The van der Waals surface area contributed by atoms with Gasteiger partial charge in [0.25, 0.3) is 0 Å². The third kappa shape index (κ3) is 6.85. The topological polar surface area (TPSA) is 117 Å². The highest BCUT2D eigenvalue weighted by molar-refractivity contribution is 7.15. The van der Waals surface area contributed by atoms with E-state index in [0.717, 1.165) is 60.6 Å². The Labute approximate surface area is 236 Å². The largest absolute Gasteiger partial charge is 0.492 e. The number of hydrogen-bond donors (Lipinski definition) is 3. The van der Waals surface area contributed by atoms with E-state index in [4.69, 9.17) is 16.3 Å². The average Bonchev–Trinajstić information content (AvgIpc) is 3.51. The van der Waals surface area contributed by atoms with Gasteiger partial charge in [-0.15, -0.1) is 11.3 Å². The number of amides is 1. The van der Waals surface area contributed by atoms with Gasteiger partial charge in [-0.25, -0.2) is 14.5 Å². The number of para-hydroxylation sites is 1. The first-order valence-electron chi connectivity index (χ1n) is 13.0. The van der Waals surface area contributed by atoms with Gasteiger partial charge in [0, 0.05) is 29.8 Å². The molecule has 1 aromatic carbocycles. The molecule has 1 aliphatic heterocycles. The van der Waals surface area contributed by atoms with Crippen LogP contribution in [0.15, 0.2) is 43.0 Å². The van der Waals surface area contributed by atoms with E-state index in [1.165, 1.54) is 17.7 Å². The van der Waals surface area contributed by atoms with Crippen molar-refractivity contribution in [3.05, 3.63) is 58.4 Å². The molecule has 12 heteroatoms. The summed E-state index contributed by atoms with van der Waals surface area (Å²) in [6.45, 7) is 5.96. The number of carbonyl (C=O) groups excluding carboxylic acids is 1. The van der Waals surface area contributed by atoms with Crippen LogP contribution >= 0.6 is 22.9 Å². The van der Waals surface area contributed by atoms with E-state index in [1.54, 1.807) is 22.8 Å². The van der Waals surface area contributed by atoms with E-state index in [-0.39, 0.29) is 12.3 Å². The third-order valence-corrected chi connectivity index (χ3v) is 8.13. The number of halogens is 1. The second kappa shape index (κ2) is 12.7.